The molecule has 84 valence electrons. The molecule has 0 bridgehead atoms. The van der Waals surface area contributed by atoms with E-state index in [9.17, 15) is 4.39 Å². The lowest BCUT2D eigenvalue weighted by Crippen LogP contribution is -2.07. The Labute approximate surface area is 93.7 Å². The van der Waals surface area contributed by atoms with Gasteiger partial charge in [0, 0.05) is 0 Å². The van der Waals surface area contributed by atoms with Crippen LogP contribution in [0.5, 0.6) is 0 Å². The molecule has 0 aliphatic rings. The van der Waals surface area contributed by atoms with E-state index in [-0.39, 0.29) is 11.7 Å². The molecule has 1 aromatic heterocycles. The van der Waals surface area contributed by atoms with Crippen molar-refractivity contribution in [2.75, 3.05) is 5.73 Å². The van der Waals surface area contributed by atoms with Crippen molar-refractivity contribution in [1.29, 1.82) is 0 Å². The summed E-state index contributed by atoms with van der Waals surface area (Å²) in [6, 6.07) is 6.53. The highest BCUT2D eigenvalue weighted by Crippen LogP contribution is 2.25. The van der Waals surface area contributed by atoms with E-state index in [0.717, 1.165) is 5.69 Å². The van der Waals surface area contributed by atoms with E-state index in [2.05, 4.69) is 5.10 Å². The quantitative estimate of drug-likeness (QED) is 0.844. The van der Waals surface area contributed by atoms with Gasteiger partial charge in [-0.3, -0.25) is 0 Å². The Balaban J connectivity index is 2.61. The summed E-state index contributed by atoms with van der Waals surface area (Å²) >= 11 is 0. The SMILES string of the molecule is CC(C)c1c(N)cnn1-c1ccccc1F. The molecule has 2 N–H and O–H groups in total. The fourth-order valence-electron chi connectivity index (χ4n) is 1.76. The molecule has 4 heteroatoms. The molecule has 0 saturated carbocycles. The highest BCUT2D eigenvalue weighted by Gasteiger charge is 2.15. The van der Waals surface area contributed by atoms with Crippen molar-refractivity contribution in [2.24, 2.45) is 0 Å². The van der Waals surface area contributed by atoms with Crippen molar-refractivity contribution < 1.29 is 4.39 Å². The number of nitrogens with zero attached hydrogens (tertiary/aromatic N) is 2. The van der Waals surface area contributed by atoms with Gasteiger partial charge < -0.3 is 5.73 Å². The molecule has 0 atom stereocenters. The van der Waals surface area contributed by atoms with Crippen molar-refractivity contribution in [2.45, 2.75) is 19.8 Å². The molecule has 3 nitrogen and oxygen atoms in total. The normalized spacial score (nSPS) is 11.0. The molecule has 0 fully saturated rings. The highest BCUT2D eigenvalue weighted by molar-refractivity contribution is 5.47. The number of rotatable bonds is 2. The van der Waals surface area contributed by atoms with Crippen molar-refractivity contribution in [1.82, 2.24) is 9.78 Å². The Morgan fingerprint density at radius 2 is 2.00 bits per heavy atom. The summed E-state index contributed by atoms with van der Waals surface area (Å²) in [5.74, 6) is -0.102. The number of para-hydroxylation sites is 1. The van der Waals surface area contributed by atoms with Crippen LogP contribution in [0.25, 0.3) is 5.69 Å². The molecular formula is C12H14FN3. The first-order chi connectivity index (χ1) is 7.61. The molecule has 0 aliphatic heterocycles. The minimum Gasteiger partial charge on any atom is -0.396 e. The number of nitrogens with two attached hydrogens (primary N) is 1. The molecule has 2 rings (SSSR count). The van der Waals surface area contributed by atoms with Gasteiger partial charge in [-0.1, -0.05) is 26.0 Å². The Hall–Kier alpha value is -1.84. The summed E-state index contributed by atoms with van der Waals surface area (Å²) in [5, 5.41) is 4.12. The van der Waals surface area contributed by atoms with Gasteiger partial charge in [0.05, 0.1) is 17.6 Å². The van der Waals surface area contributed by atoms with Crippen molar-refractivity contribution in [3.63, 3.8) is 0 Å². The fourth-order valence-corrected chi connectivity index (χ4v) is 1.76. The number of nitrogen functional groups attached to an aromatic ring is 1. The predicted octanol–water partition coefficient (Wildman–Crippen LogP) is 2.72. The maximum atomic E-state index is 13.6. The van der Waals surface area contributed by atoms with Crippen LogP contribution in [0.15, 0.2) is 30.5 Å². The van der Waals surface area contributed by atoms with Gasteiger partial charge in [-0.05, 0) is 18.1 Å². The van der Waals surface area contributed by atoms with Crippen LogP contribution in [0.1, 0.15) is 25.5 Å². The predicted molar refractivity (Wildman–Crippen MR) is 62.0 cm³/mol. The van der Waals surface area contributed by atoms with Crippen LogP contribution in [0.4, 0.5) is 10.1 Å². The van der Waals surface area contributed by atoms with E-state index < -0.39 is 0 Å². The van der Waals surface area contributed by atoms with E-state index >= 15 is 0 Å². The summed E-state index contributed by atoms with van der Waals surface area (Å²) in [6.45, 7) is 4.01. The average molecular weight is 219 g/mol. The Morgan fingerprint density at radius 3 is 2.62 bits per heavy atom. The van der Waals surface area contributed by atoms with Crippen LogP contribution in [-0.2, 0) is 0 Å². The van der Waals surface area contributed by atoms with Gasteiger partial charge >= 0.3 is 0 Å². The van der Waals surface area contributed by atoms with Crippen LogP contribution < -0.4 is 5.73 Å². The van der Waals surface area contributed by atoms with Crippen molar-refractivity contribution in [3.8, 4) is 5.69 Å². The highest BCUT2D eigenvalue weighted by atomic mass is 19.1. The van der Waals surface area contributed by atoms with E-state index in [1.54, 1.807) is 29.1 Å². The molecule has 1 heterocycles. The number of anilines is 1. The third-order valence-electron chi connectivity index (χ3n) is 2.46. The van der Waals surface area contributed by atoms with Crippen LogP contribution in [-0.4, -0.2) is 9.78 Å². The van der Waals surface area contributed by atoms with Gasteiger partial charge in [-0.2, -0.15) is 5.10 Å². The van der Waals surface area contributed by atoms with Crippen LogP contribution in [0.2, 0.25) is 0 Å². The molecule has 0 unspecified atom stereocenters. The van der Waals surface area contributed by atoms with Gasteiger partial charge in [0.1, 0.15) is 11.5 Å². The van der Waals surface area contributed by atoms with E-state index in [1.165, 1.54) is 6.07 Å². The van der Waals surface area contributed by atoms with E-state index in [0.29, 0.717) is 11.4 Å². The minimum atomic E-state index is -0.299. The van der Waals surface area contributed by atoms with E-state index in [1.807, 2.05) is 13.8 Å². The first kappa shape index (κ1) is 10.7. The van der Waals surface area contributed by atoms with Gasteiger partial charge in [-0.15, -0.1) is 0 Å². The van der Waals surface area contributed by atoms with Crippen molar-refractivity contribution in [3.05, 3.63) is 42.0 Å². The first-order valence-electron chi connectivity index (χ1n) is 5.19. The topological polar surface area (TPSA) is 43.8 Å². The summed E-state index contributed by atoms with van der Waals surface area (Å²) in [6.07, 6.45) is 1.56. The standard InChI is InChI=1S/C12H14FN3/c1-8(2)12-10(14)7-15-16(12)11-6-4-3-5-9(11)13/h3-8H,14H2,1-2H3. The third-order valence-corrected chi connectivity index (χ3v) is 2.46. The Morgan fingerprint density at radius 1 is 1.31 bits per heavy atom. The zero-order chi connectivity index (χ0) is 11.7. The number of halogens is 1. The zero-order valence-corrected chi connectivity index (χ0v) is 9.31. The first-order valence-corrected chi connectivity index (χ1v) is 5.19. The largest absolute Gasteiger partial charge is 0.396 e. The molecule has 0 radical (unpaired) electrons. The fraction of sp³-hybridized carbons (Fsp3) is 0.250. The average Bonchev–Trinajstić information content (AvgIpc) is 2.61. The summed E-state index contributed by atoms with van der Waals surface area (Å²) in [5.41, 5.74) is 7.69. The number of benzene rings is 1. The monoisotopic (exact) mass is 219 g/mol. The number of hydrogen-bond acceptors (Lipinski definition) is 2. The zero-order valence-electron chi connectivity index (χ0n) is 9.31. The van der Waals surface area contributed by atoms with Gasteiger partial charge in [0.2, 0.25) is 0 Å². The molecule has 0 aliphatic carbocycles. The lowest BCUT2D eigenvalue weighted by Gasteiger charge is -2.11. The second-order valence-electron chi connectivity index (χ2n) is 4.00. The molecule has 16 heavy (non-hydrogen) atoms. The molecular weight excluding hydrogens is 205 g/mol. The summed E-state index contributed by atoms with van der Waals surface area (Å²) < 4.78 is 15.2. The molecule has 0 amide bonds. The molecule has 0 spiro atoms. The lowest BCUT2D eigenvalue weighted by molar-refractivity contribution is 0.602. The lowest BCUT2D eigenvalue weighted by atomic mass is 10.1. The van der Waals surface area contributed by atoms with Crippen LogP contribution in [0.3, 0.4) is 0 Å². The molecule has 1 aromatic carbocycles. The van der Waals surface area contributed by atoms with Crippen LogP contribution in [0, 0.1) is 5.82 Å². The van der Waals surface area contributed by atoms with Gasteiger partial charge in [0.25, 0.3) is 0 Å². The maximum Gasteiger partial charge on any atom is 0.148 e. The summed E-state index contributed by atoms with van der Waals surface area (Å²) in [7, 11) is 0. The number of hydrogen-bond donors (Lipinski definition) is 1. The van der Waals surface area contributed by atoms with Gasteiger partial charge in [-0.25, -0.2) is 9.07 Å². The van der Waals surface area contributed by atoms with Crippen LogP contribution >= 0.6 is 0 Å². The summed E-state index contributed by atoms with van der Waals surface area (Å²) in [4.78, 5) is 0. The second kappa shape index (κ2) is 3.96. The second-order valence-corrected chi connectivity index (χ2v) is 4.00. The minimum absolute atomic E-state index is 0.196. The third kappa shape index (κ3) is 1.66. The Bertz CT molecular complexity index is 503. The van der Waals surface area contributed by atoms with Crippen molar-refractivity contribution >= 4 is 5.69 Å². The smallest absolute Gasteiger partial charge is 0.148 e. The van der Waals surface area contributed by atoms with Gasteiger partial charge in [0.15, 0.2) is 0 Å². The molecule has 0 saturated heterocycles. The maximum absolute atomic E-state index is 13.6. The van der Waals surface area contributed by atoms with E-state index in [4.69, 9.17) is 5.73 Å². The number of aromatic nitrogens is 2. The molecule has 2 aromatic rings. The Kier molecular flexibility index (Phi) is 2.64.